The van der Waals surface area contributed by atoms with Crippen LogP contribution in [-0.4, -0.2) is 10.7 Å². The highest BCUT2D eigenvalue weighted by Gasteiger charge is 2.15. The summed E-state index contributed by atoms with van der Waals surface area (Å²) in [5.74, 6) is -0.400. The molecule has 3 aromatic rings. The lowest BCUT2D eigenvalue weighted by Crippen LogP contribution is -2.19. The fourth-order valence-corrected chi connectivity index (χ4v) is 2.25. The van der Waals surface area contributed by atoms with Crippen LogP contribution in [0.3, 0.4) is 0 Å². The molecule has 2 aromatic carbocycles. The minimum atomic E-state index is -0.400. The minimum absolute atomic E-state index is 0.0664. The van der Waals surface area contributed by atoms with Crippen LogP contribution in [0.15, 0.2) is 42.5 Å². The van der Waals surface area contributed by atoms with Crippen LogP contribution in [0.4, 0.5) is 0 Å². The van der Waals surface area contributed by atoms with Crippen molar-refractivity contribution in [3.8, 4) is 0 Å². The SMILES string of the molecule is CC(=O)OCc1ccc2c(c1)n([O-])c1ccccc1[n+]2=O. The maximum absolute atomic E-state index is 12.4. The van der Waals surface area contributed by atoms with Crippen LogP contribution in [-0.2, 0) is 16.1 Å². The number of fused-ring (bicyclic) bond motifs is 2. The lowest BCUT2D eigenvalue weighted by molar-refractivity contribution is -0.432. The molecule has 1 heterocycles. The molecule has 1 aromatic heterocycles. The summed E-state index contributed by atoms with van der Waals surface area (Å²) in [6, 6.07) is 11.4. The molecule has 0 fully saturated rings. The molecular weight excluding hydrogens is 272 g/mol. The molecule has 0 bridgehead atoms. The van der Waals surface area contributed by atoms with Gasteiger partial charge in [0.25, 0.3) is 11.0 Å². The number of esters is 1. The first kappa shape index (κ1) is 13.1. The van der Waals surface area contributed by atoms with Gasteiger partial charge in [-0.15, -0.1) is 0 Å². The quantitative estimate of drug-likeness (QED) is 0.410. The number of nitrogens with zero attached hydrogens (tertiary/aromatic N) is 2. The molecule has 0 aliphatic carbocycles. The van der Waals surface area contributed by atoms with Crippen molar-refractivity contribution in [1.82, 2.24) is 4.73 Å². The van der Waals surface area contributed by atoms with Gasteiger partial charge in [0.1, 0.15) is 17.6 Å². The van der Waals surface area contributed by atoms with Crippen molar-refractivity contribution >= 4 is 28.0 Å². The molecule has 0 aliphatic heterocycles. The van der Waals surface area contributed by atoms with Gasteiger partial charge < -0.3 is 14.7 Å². The molecule has 0 saturated heterocycles. The minimum Gasteiger partial charge on any atom is -0.805 e. The predicted molar refractivity (Wildman–Crippen MR) is 77.0 cm³/mol. The van der Waals surface area contributed by atoms with E-state index in [9.17, 15) is 14.9 Å². The Morgan fingerprint density at radius 2 is 1.90 bits per heavy atom. The molecule has 0 N–H and O–H groups in total. The highest BCUT2D eigenvalue weighted by molar-refractivity contribution is 5.83. The normalized spacial score (nSPS) is 10.9. The molecule has 3 rings (SSSR count). The molecule has 0 radical (unpaired) electrons. The lowest BCUT2D eigenvalue weighted by atomic mass is 10.2. The maximum atomic E-state index is 12.4. The monoisotopic (exact) mass is 284 g/mol. The number of hydrogen-bond donors (Lipinski definition) is 0. The first-order valence-corrected chi connectivity index (χ1v) is 6.38. The molecule has 21 heavy (non-hydrogen) atoms. The lowest BCUT2D eigenvalue weighted by Gasteiger charge is -2.14. The predicted octanol–water partition coefficient (Wildman–Crippen LogP) is 2.12. The van der Waals surface area contributed by atoms with E-state index in [1.807, 2.05) is 0 Å². The molecule has 106 valence electrons. The number of rotatable bonds is 2. The third kappa shape index (κ3) is 2.20. The average molecular weight is 284 g/mol. The zero-order chi connectivity index (χ0) is 15.0. The number of ether oxygens (including phenoxy) is 1. The Balaban J connectivity index is 2.26. The molecule has 0 saturated carbocycles. The second-order valence-electron chi connectivity index (χ2n) is 4.68. The number of benzene rings is 2. The third-order valence-electron chi connectivity index (χ3n) is 3.24. The van der Waals surface area contributed by atoms with Gasteiger partial charge in [-0.2, -0.15) is 0 Å². The van der Waals surface area contributed by atoms with Crippen LogP contribution < -0.4 is 4.43 Å². The number of aromatic nitrogens is 2. The zero-order valence-electron chi connectivity index (χ0n) is 11.3. The van der Waals surface area contributed by atoms with Gasteiger partial charge in [0, 0.05) is 24.0 Å². The van der Waals surface area contributed by atoms with E-state index in [4.69, 9.17) is 4.74 Å². The van der Waals surface area contributed by atoms with E-state index in [1.54, 1.807) is 42.5 Å². The first-order chi connectivity index (χ1) is 10.1. The number of hydrogen-bond acceptors (Lipinski definition) is 4. The Hall–Kier alpha value is -2.89. The van der Waals surface area contributed by atoms with E-state index in [-0.39, 0.29) is 17.6 Å². The van der Waals surface area contributed by atoms with Crippen LogP contribution in [0.5, 0.6) is 0 Å². The smallest absolute Gasteiger partial charge is 0.302 e. The molecule has 6 heteroatoms. The number of para-hydroxylation sites is 2. The van der Waals surface area contributed by atoms with Gasteiger partial charge >= 0.3 is 5.97 Å². The summed E-state index contributed by atoms with van der Waals surface area (Å²) in [7, 11) is 0. The van der Waals surface area contributed by atoms with Crippen molar-refractivity contribution in [1.29, 1.82) is 0 Å². The van der Waals surface area contributed by atoms with Crippen LogP contribution in [0.25, 0.3) is 22.1 Å². The summed E-state index contributed by atoms with van der Waals surface area (Å²) in [6.07, 6.45) is 0. The molecule has 6 nitrogen and oxygen atoms in total. The summed E-state index contributed by atoms with van der Waals surface area (Å²) in [4.78, 5) is 23.1. The maximum Gasteiger partial charge on any atom is 0.302 e. The Morgan fingerprint density at radius 1 is 1.19 bits per heavy atom. The van der Waals surface area contributed by atoms with Crippen molar-refractivity contribution in [2.75, 3.05) is 0 Å². The van der Waals surface area contributed by atoms with Crippen molar-refractivity contribution in [3.05, 3.63) is 58.1 Å². The van der Waals surface area contributed by atoms with Crippen molar-refractivity contribution in [2.45, 2.75) is 13.5 Å². The summed E-state index contributed by atoms with van der Waals surface area (Å²) in [6.45, 7) is 1.38. The van der Waals surface area contributed by atoms with Gasteiger partial charge in [-0.3, -0.25) is 4.79 Å². The van der Waals surface area contributed by atoms with Gasteiger partial charge in [0.15, 0.2) is 0 Å². The van der Waals surface area contributed by atoms with E-state index >= 15 is 0 Å². The van der Waals surface area contributed by atoms with Gasteiger partial charge in [-0.1, -0.05) is 12.1 Å². The molecule has 0 aliphatic rings. The number of carbonyl (C=O) groups is 1. The average Bonchev–Trinajstić information content (AvgIpc) is 2.50. The van der Waals surface area contributed by atoms with E-state index < -0.39 is 5.97 Å². The number of carbonyl (C=O) groups excluding carboxylic acids is 1. The summed E-state index contributed by atoms with van der Waals surface area (Å²) in [5.41, 5.74) is 1.78. The molecule has 0 unspecified atom stereocenters. The fourth-order valence-electron chi connectivity index (χ4n) is 2.25. The van der Waals surface area contributed by atoms with Gasteiger partial charge in [-0.05, 0) is 23.8 Å². The second kappa shape index (κ2) is 4.90. The van der Waals surface area contributed by atoms with Gasteiger partial charge in [-0.25, -0.2) is 0 Å². The van der Waals surface area contributed by atoms with E-state index in [0.717, 1.165) is 9.16 Å². The van der Waals surface area contributed by atoms with Crippen LogP contribution in [0.1, 0.15) is 12.5 Å². The molecule has 0 spiro atoms. The van der Waals surface area contributed by atoms with Crippen molar-refractivity contribution in [3.63, 3.8) is 0 Å². The third-order valence-corrected chi connectivity index (χ3v) is 3.24. The standard InChI is InChI=1S/C15H12N2O4/c1-10(18)21-9-11-6-7-14-15(8-11)17(20)13-5-3-2-4-12(13)16(14)19/h2-8H,9H2,1H3. The highest BCUT2D eigenvalue weighted by Crippen LogP contribution is 2.18. The second-order valence-corrected chi connectivity index (χ2v) is 4.68. The van der Waals surface area contributed by atoms with Crippen LogP contribution >= 0.6 is 0 Å². The van der Waals surface area contributed by atoms with Crippen molar-refractivity contribution < 1.29 is 14.0 Å². The van der Waals surface area contributed by atoms with Gasteiger partial charge in [0.2, 0.25) is 0 Å². The van der Waals surface area contributed by atoms with E-state index in [2.05, 4.69) is 0 Å². The highest BCUT2D eigenvalue weighted by atomic mass is 16.5. The molecule has 0 amide bonds. The first-order valence-electron chi connectivity index (χ1n) is 6.38. The van der Waals surface area contributed by atoms with E-state index in [0.29, 0.717) is 16.6 Å². The van der Waals surface area contributed by atoms with Crippen LogP contribution in [0.2, 0.25) is 0 Å². The van der Waals surface area contributed by atoms with E-state index in [1.165, 1.54) is 6.92 Å². The fraction of sp³-hybridized carbons (Fsp3) is 0.133. The Labute approximate surface area is 119 Å². The zero-order valence-corrected chi connectivity index (χ0v) is 11.3. The Bertz CT molecular complexity index is 915. The summed E-state index contributed by atoms with van der Waals surface area (Å²) >= 11 is 0. The molecular formula is C15H12N2O4. The van der Waals surface area contributed by atoms with Gasteiger partial charge in [0.05, 0.1) is 4.43 Å². The van der Waals surface area contributed by atoms with Crippen LogP contribution in [0, 0.1) is 10.1 Å². The largest absolute Gasteiger partial charge is 0.805 e. The topological polar surface area (TPSA) is 77.3 Å². The Kier molecular flexibility index (Phi) is 3.06. The molecule has 0 atom stereocenters. The summed E-state index contributed by atoms with van der Waals surface area (Å²) in [5, 5.41) is 12.4. The Morgan fingerprint density at radius 3 is 2.67 bits per heavy atom. The van der Waals surface area contributed by atoms with Crippen molar-refractivity contribution in [2.24, 2.45) is 0 Å². The summed E-state index contributed by atoms with van der Waals surface area (Å²) < 4.78 is 6.35.